The average molecular weight is 354 g/mol. The van der Waals surface area contributed by atoms with Gasteiger partial charge in [-0.05, 0) is 6.42 Å². The van der Waals surface area contributed by atoms with Gasteiger partial charge in [0.05, 0.1) is 0 Å². The molecule has 0 saturated carbocycles. The molecule has 0 unspecified atom stereocenters. The van der Waals surface area contributed by atoms with E-state index in [-0.39, 0.29) is 5.91 Å². The Labute approximate surface area is 158 Å². The van der Waals surface area contributed by atoms with Gasteiger partial charge >= 0.3 is 0 Å². The van der Waals surface area contributed by atoms with E-state index in [4.69, 9.17) is 0 Å². The van der Waals surface area contributed by atoms with E-state index in [1.807, 2.05) is 6.92 Å². The van der Waals surface area contributed by atoms with Crippen LogP contribution in [0, 0.1) is 0 Å². The molecule has 0 atom stereocenters. The fourth-order valence-corrected chi connectivity index (χ4v) is 3.38. The van der Waals surface area contributed by atoms with Gasteiger partial charge in [-0.2, -0.15) is 0 Å². The number of amides is 1. The van der Waals surface area contributed by atoms with Gasteiger partial charge in [0.1, 0.15) is 0 Å². The molecule has 0 aliphatic carbocycles. The minimum Gasteiger partial charge on any atom is -0.356 e. The van der Waals surface area contributed by atoms with Crippen LogP contribution in [0.25, 0.3) is 0 Å². The van der Waals surface area contributed by atoms with Crippen LogP contribution in [0.1, 0.15) is 136 Å². The molecule has 0 heterocycles. The minimum absolute atomic E-state index is 0.187. The number of hydrogen-bond donors (Lipinski definition) is 1. The van der Waals surface area contributed by atoms with Crippen molar-refractivity contribution in [3.8, 4) is 0 Å². The van der Waals surface area contributed by atoms with E-state index < -0.39 is 0 Å². The van der Waals surface area contributed by atoms with Crippen LogP contribution in [0.15, 0.2) is 0 Å². The molecule has 2 nitrogen and oxygen atoms in total. The first-order chi connectivity index (χ1) is 12.3. The third-order valence-electron chi connectivity index (χ3n) is 5.17. The van der Waals surface area contributed by atoms with E-state index in [1.165, 1.54) is 109 Å². The smallest absolute Gasteiger partial charge is 0.219 e. The first-order valence-electron chi connectivity index (χ1n) is 11.6. The van der Waals surface area contributed by atoms with Crippen molar-refractivity contribution in [3.63, 3.8) is 0 Å². The molecule has 0 aromatic rings. The molecule has 0 radical (unpaired) electrons. The molecule has 25 heavy (non-hydrogen) atoms. The molecule has 150 valence electrons. The summed E-state index contributed by atoms with van der Waals surface area (Å²) in [6, 6.07) is 0. The third kappa shape index (κ3) is 21.4. The van der Waals surface area contributed by atoms with Crippen molar-refractivity contribution in [2.45, 2.75) is 136 Å². The van der Waals surface area contributed by atoms with Gasteiger partial charge in [0.2, 0.25) is 5.91 Å². The molecule has 1 N–H and O–H groups in total. The van der Waals surface area contributed by atoms with Crippen LogP contribution in [0.5, 0.6) is 0 Å². The Bertz CT molecular complexity index is 265. The van der Waals surface area contributed by atoms with E-state index in [2.05, 4.69) is 12.2 Å². The van der Waals surface area contributed by atoms with Gasteiger partial charge in [0.25, 0.3) is 0 Å². The molecule has 0 aromatic carbocycles. The summed E-state index contributed by atoms with van der Waals surface area (Å²) in [5, 5.41) is 2.95. The molecular formula is C23H47NO. The first-order valence-corrected chi connectivity index (χ1v) is 11.6. The van der Waals surface area contributed by atoms with Gasteiger partial charge in [-0.1, -0.05) is 123 Å². The Morgan fingerprint density at radius 3 is 1.16 bits per heavy atom. The lowest BCUT2D eigenvalue weighted by molar-refractivity contribution is -0.120. The third-order valence-corrected chi connectivity index (χ3v) is 5.17. The molecule has 2 heteroatoms. The maximum Gasteiger partial charge on any atom is 0.219 e. The second-order valence-corrected chi connectivity index (χ2v) is 7.71. The maximum absolute atomic E-state index is 11.1. The summed E-state index contributed by atoms with van der Waals surface area (Å²) in [6.45, 7) is 5.06. The number of carbonyl (C=O) groups is 1. The predicted octanol–water partition coefficient (Wildman–Crippen LogP) is 7.55. The van der Waals surface area contributed by atoms with Crippen LogP contribution in [-0.4, -0.2) is 12.5 Å². The maximum atomic E-state index is 11.1. The van der Waals surface area contributed by atoms with Crippen LogP contribution in [0.2, 0.25) is 0 Å². The van der Waals surface area contributed by atoms with Gasteiger partial charge in [-0.25, -0.2) is 0 Å². The molecule has 0 rings (SSSR count). The van der Waals surface area contributed by atoms with Gasteiger partial charge in [-0.15, -0.1) is 0 Å². The Balaban J connectivity index is 2.99. The summed E-state index contributed by atoms with van der Waals surface area (Å²) in [5.74, 6) is 0.187. The second kappa shape index (κ2) is 21.5. The fraction of sp³-hybridized carbons (Fsp3) is 0.957. The highest BCUT2D eigenvalue weighted by molar-refractivity contribution is 5.75. The average Bonchev–Trinajstić information content (AvgIpc) is 2.63. The zero-order valence-corrected chi connectivity index (χ0v) is 17.6. The van der Waals surface area contributed by atoms with Crippen molar-refractivity contribution < 1.29 is 4.79 Å². The lowest BCUT2D eigenvalue weighted by Crippen LogP contribution is -2.23. The molecular weight excluding hydrogens is 306 g/mol. The van der Waals surface area contributed by atoms with E-state index in [0.29, 0.717) is 6.42 Å². The molecule has 0 fully saturated rings. The van der Waals surface area contributed by atoms with E-state index in [9.17, 15) is 4.79 Å². The fourth-order valence-electron chi connectivity index (χ4n) is 3.38. The SMILES string of the molecule is CCCCCCCCCCCCCCCCCCCCNC(=O)CC. The zero-order chi connectivity index (χ0) is 18.4. The number of carbonyl (C=O) groups excluding carboxylic acids is 1. The van der Waals surface area contributed by atoms with E-state index in [1.54, 1.807) is 0 Å². The van der Waals surface area contributed by atoms with Crippen molar-refractivity contribution in [2.24, 2.45) is 0 Å². The summed E-state index contributed by atoms with van der Waals surface area (Å²) >= 11 is 0. The Morgan fingerprint density at radius 2 is 0.840 bits per heavy atom. The monoisotopic (exact) mass is 353 g/mol. The van der Waals surface area contributed by atoms with Crippen molar-refractivity contribution in [3.05, 3.63) is 0 Å². The molecule has 1 amide bonds. The number of nitrogens with one attached hydrogen (secondary N) is 1. The lowest BCUT2D eigenvalue weighted by atomic mass is 10.0. The van der Waals surface area contributed by atoms with Crippen molar-refractivity contribution in [1.82, 2.24) is 5.32 Å². The van der Waals surface area contributed by atoms with Gasteiger partial charge in [-0.3, -0.25) is 4.79 Å². The zero-order valence-electron chi connectivity index (χ0n) is 17.6. The predicted molar refractivity (Wildman–Crippen MR) is 112 cm³/mol. The van der Waals surface area contributed by atoms with Gasteiger partial charge in [0.15, 0.2) is 0 Å². The highest BCUT2D eigenvalue weighted by atomic mass is 16.1. The highest BCUT2D eigenvalue weighted by Gasteiger charge is 1.96. The molecule has 0 aliphatic heterocycles. The van der Waals surface area contributed by atoms with Gasteiger partial charge < -0.3 is 5.32 Å². The molecule has 0 aromatic heterocycles. The summed E-state index contributed by atoms with van der Waals surface area (Å²) < 4.78 is 0. The van der Waals surface area contributed by atoms with Gasteiger partial charge in [0, 0.05) is 13.0 Å². The van der Waals surface area contributed by atoms with Crippen molar-refractivity contribution >= 4 is 5.91 Å². The molecule has 0 aliphatic rings. The quantitative estimate of drug-likeness (QED) is 0.225. The van der Waals surface area contributed by atoms with E-state index in [0.717, 1.165) is 13.0 Å². The largest absolute Gasteiger partial charge is 0.356 e. The number of rotatable bonds is 20. The Morgan fingerprint density at radius 1 is 0.520 bits per heavy atom. The molecule has 0 spiro atoms. The minimum atomic E-state index is 0.187. The summed E-state index contributed by atoms with van der Waals surface area (Å²) in [4.78, 5) is 11.1. The molecule has 0 bridgehead atoms. The summed E-state index contributed by atoms with van der Waals surface area (Å²) in [7, 11) is 0. The summed E-state index contributed by atoms with van der Waals surface area (Å²) in [6.07, 6.45) is 25.9. The van der Waals surface area contributed by atoms with Crippen LogP contribution in [0.4, 0.5) is 0 Å². The topological polar surface area (TPSA) is 29.1 Å². The number of unbranched alkanes of at least 4 members (excludes halogenated alkanes) is 17. The van der Waals surface area contributed by atoms with Crippen LogP contribution < -0.4 is 5.32 Å². The Hall–Kier alpha value is -0.530. The van der Waals surface area contributed by atoms with E-state index >= 15 is 0 Å². The first kappa shape index (κ1) is 24.5. The van der Waals surface area contributed by atoms with Crippen LogP contribution >= 0.6 is 0 Å². The van der Waals surface area contributed by atoms with Crippen molar-refractivity contribution in [2.75, 3.05) is 6.54 Å². The Kier molecular flexibility index (Phi) is 21.1. The number of hydrogen-bond acceptors (Lipinski definition) is 1. The standard InChI is InChI=1S/C23H47NO/c1-3-5-6-7-8-9-10-11-12-13-14-15-16-17-18-19-20-21-22-24-23(25)4-2/h3-22H2,1-2H3,(H,24,25). The van der Waals surface area contributed by atoms with Crippen molar-refractivity contribution in [1.29, 1.82) is 0 Å². The second-order valence-electron chi connectivity index (χ2n) is 7.71. The highest BCUT2D eigenvalue weighted by Crippen LogP contribution is 2.14. The lowest BCUT2D eigenvalue weighted by Gasteiger charge is -2.04. The van der Waals surface area contributed by atoms with Crippen LogP contribution in [-0.2, 0) is 4.79 Å². The summed E-state index contributed by atoms with van der Waals surface area (Å²) in [5.41, 5.74) is 0. The van der Waals surface area contributed by atoms with Crippen LogP contribution in [0.3, 0.4) is 0 Å². The normalized spacial score (nSPS) is 11.0. The molecule has 0 saturated heterocycles.